The monoisotopic (exact) mass is 477 g/mol. The predicted octanol–water partition coefficient (Wildman–Crippen LogP) is 3.90. The van der Waals surface area contributed by atoms with Crippen molar-refractivity contribution < 1.29 is 27.9 Å². The highest BCUT2D eigenvalue weighted by Gasteiger charge is 2.50. The van der Waals surface area contributed by atoms with Crippen molar-refractivity contribution in [1.82, 2.24) is 10.2 Å². The van der Waals surface area contributed by atoms with Gasteiger partial charge in [-0.3, -0.25) is 19.4 Å². The number of amides is 4. The van der Waals surface area contributed by atoms with E-state index < -0.39 is 47.6 Å². The normalized spacial score (nSPS) is 21.4. The van der Waals surface area contributed by atoms with Gasteiger partial charge < -0.3 is 10.1 Å². The third-order valence-electron chi connectivity index (χ3n) is 6.35. The minimum atomic E-state index is -1.65. The van der Waals surface area contributed by atoms with Crippen LogP contribution in [0, 0.1) is 11.6 Å². The largest absolute Gasteiger partial charge is 0.489 e. The molecule has 4 amide bonds. The number of fused-ring (bicyclic) bond motifs is 1. The molecule has 2 atom stereocenters. The number of ether oxygens (including phenoxy) is 1. The summed E-state index contributed by atoms with van der Waals surface area (Å²) in [6.07, 6.45) is 0. The number of hydrogen-bond donors (Lipinski definition) is 1. The number of hydrogen-bond acceptors (Lipinski definition) is 4. The van der Waals surface area contributed by atoms with Crippen molar-refractivity contribution in [1.29, 1.82) is 0 Å². The molecule has 2 aliphatic heterocycles. The Balaban J connectivity index is 1.46. The first-order valence-corrected chi connectivity index (χ1v) is 11.0. The molecular formula is C26H21F2N3O4. The molecule has 1 N–H and O–H groups in total. The quantitative estimate of drug-likeness (QED) is 0.579. The average Bonchev–Trinajstić information content (AvgIpc) is 3.09. The summed E-state index contributed by atoms with van der Waals surface area (Å²) in [6.45, 7) is 1.04. The molecule has 3 aromatic rings. The third-order valence-corrected chi connectivity index (χ3v) is 6.35. The van der Waals surface area contributed by atoms with E-state index in [2.05, 4.69) is 5.32 Å². The Morgan fingerprint density at radius 3 is 2.49 bits per heavy atom. The molecule has 9 heteroatoms. The summed E-state index contributed by atoms with van der Waals surface area (Å²) >= 11 is 0. The Hall–Kier alpha value is -4.27. The van der Waals surface area contributed by atoms with Crippen LogP contribution in [-0.4, -0.2) is 35.9 Å². The van der Waals surface area contributed by atoms with Crippen molar-refractivity contribution in [2.24, 2.45) is 0 Å². The lowest BCUT2D eigenvalue weighted by atomic mass is 9.92. The smallest absolute Gasteiger partial charge is 0.325 e. The van der Waals surface area contributed by atoms with E-state index in [1.54, 1.807) is 24.3 Å². The number of rotatable bonds is 4. The fourth-order valence-electron chi connectivity index (χ4n) is 4.47. The van der Waals surface area contributed by atoms with Gasteiger partial charge in [-0.05, 0) is 42.3 Å². The maximum absolute atomic E-state index is 13.8. The molecule has 0 aromatic heterocycles. The Morgan fingerprint density at radius 2 is 1.74 bits per heavy atom. The van der Waals surface area contributed by atoms with Crippen LogP contribution in [0.4, 0.5) is 19.3 Å². The standard InChI is InChI=1S/C26H21F2N3O4/c1-26(17-11-12-18(27)19(28)13-17)24(33)30(25(34)29-26)14-23(32)31-20-9-5-6-10-22(20)35-15-21(31)16-7-3-2-4-8-16/h2-13,21H,14-15H2,1H3,(H,29,34). The summed E-state index contributed by atoms with van der Waals surface area (Å²) in [5, 5.41) is 2.52. The molecule has 1 fully saturated rings. The van der Waals surface area contributed by atoms with Gasteiger partial charge in [-0.2, -0.15) is 0 Å². The Morgan fingerprint density at radius 1 is 1.03 bits per heavy atom. The van der Waals surface area contributed by atoms with E-state index in [0.717, 1.165) is 22.6 Å². The first-order valence-electron chi connectivity index (χ1n) is 11.0. The molecule has 2 aliphatic rings. The Bertz CT molecular complexity index is 1330. The van der Waals surface area contributed by atoms with E-state index in [0.29, 0.717) is 11.4 Å². The SMILES string of the molecule is CC1(c2ccc(F)c(F)c2)NC(=O)N(CC(=O)N2c3ccccc3OCC2c2ccccc2)C1=O. The minimum absolute atomic E-state index is 0.0728. The number of urea groups is 1. The van der Waals surface area contributed by atoms with Crippen LogP contribution in [0.15, 0.2) is 72.8 Å². The number of imide groups is 1. The first kappa shape index (κ1) is 22.5. The summed E-state index contributed by atoms with van der Waals surface area (Å²) in [6, 6.07) is 18.0. The molecule has 1 saturated heterocycles. The Labute approximate surface area is 199 Å². The summed E-state index contributed by atoms with van der Waals surface area (Å²) in [7, 11) is 0. The molecule has 2 heterocycles. The fourth-order valence-corrected chi connectivity index (χ4v) is 4.47. The number of benzene rings is 3. The lowest BCUT2D eigenvalue weighted by Crippen LogP contribution is -2.48. The number of carbonyl (C=O) groups is 3. The van der Waals surface area contributed by atoms with Gasteiger partial charge in [-0.1, -0.05) is 48.5 Å². The molecule has 0 spiro atoms. The molecule has 3 aromatic carbocycles. The van der Waals surface area contributed by atoms with E-state index in [4.69, 9.17) is 4.74 Å². The van der Waals surface area contributed by atoms with Crippen LogP contribution in [0.1, 0.15) is 24.1 Å². The molecule has 178 valence electrons. The zero-order chi connectivity index (χ0) is 24.7. The van der Waals surface area contributed by atoms with Crippen LogP contribution in [0.2, 0.25) is 0 Å². The van der Waals surface area contributed by atoms with Gasteiger partial charge in [-0.15, -0.1) is 0 Å². The van der Waals surface area contributed by atoms with E-state index in [1.165, 1.54) is 17.9 Å². The molecule has 0 saturated carbocycles. The van der Waals surface area contributed by atoms with Crippen molar-refractivity contribution in [2.45, 2.75) is 18.5 Å². The molecule has 2 unspecified atom stereocenters. The average molecular weight is 477 g/mol. The maximum atomic E-state index is 13.8. The molecule has 35 heavy (non-hydrogen) atoms. The highest BCUT2D eigenvalue weighted by atomic mass is 19.2. The second kappa shape index (κ2) is 8.50. The van der Waals surface area contributed by atoms with Gasteiger partial charge >= 0.3 is 6.03 Å². The van der Waals surface area contributed by atoms with Gasteiger partial charge in [0.15, 0.2) is 11.6 Å². The van der Waals surface area contributed by atoms with Crippen molar-refractivity contribution in [2.75, 3.05) is 18.1 Å². The fraction of sp³-hybridized carbons (Fsp3) is 0.192. The van der Waals surface area contributed by atoms with E-state index in [1.807, 2.05) is 30.3 Å². The lowest BCUT2D eigenvalue weighted by molar-refractivity contribution is -0.134. The molecular weight excluding hydrogens is 456 g/mol. The van der Waals surface area contributed by atoms with Crippen LogP contribution in [0.3, 0.4) is 0 Å². The van der Waals surface area contributed by atoms with Gasteiger partial charge in [0.1, 0.15) is 24.4 Å². The number of halogens is 2. The molecule has 0 aliphatic carbocycles. The van der Waals surface area contributed by atoms with Gasteiger partial charge in [0.25, 0.3) is 5.91 Å². The minimum Gasteiger partial charge on any atom is -0.489 e. The van der Waals surface area contributed by atoms with Crippen molar-refractivity contribution in [3.63, 3.8) is 0 Å². The van der Waals surface area contributed by atoms with Crippen molar-refractivity contribution >= 4 is 23.5 Å². The summed E-state index contributed by atoms with van der Waals surface area (Å²) < 4.78 is 33.1. The predicted molar refractivity (Wildman–Crippen MR) is 123 cm³/mol. The van der Waals surface area contributed by atoms with Crippen LogP contribution in [-0.2, 0) is 15.1 Å². The zero-order valence-electron chi connectivity index (χ0n) is 18.7. The molecule has 5 rings (SSSR count). The van der Waals surface area contributed by atoms with Crippen LogP contribution < -0.4 is 15.0 Å². The maximum Gasteiger partial charge on any atom is 0.325 e. The lowest BCUT2D eigenvalue weighted by Gasteiger charge is -2.37. The second-order valence-corrected chi connectivity index (χ2v) is 8.54. The number of nitrogens with one attached hydrogen (secondary N) is 1. The van der Waals surface area contributed by atoms with Gasteiger partial charge in [0.05, 0.1) is 11.7 Å². The highest BCUT2D eigenvalue weighted by molar-refractivity contribution is 6.11. The number of carbonyl (C=O) groups excluding carboxylic acids is 3. The summed E-state index contributed by atoms with van der Waals surface area (Å²) in [4.78, 5) is 42.0. The highest BCUT2D eigenvalue weighted by Crippen LogP contribution is 2.39. The topological polar surface area (TPSA) is 79.0 Å². The number of nitrogens with zero attached hydrogens (tertiary/aromatic N) is 2. The van der Waals surface area contributed by atoms with Crippen LogP contribution in [0.25, 0.3) is 0 Å². The van der Waals surface area contributed by atoms with E-state index >= 15 is 0 Å². The number of anilines is 1. The van der Waals surface area contributed by atoms with Crippen molar-refractivity contribution in [3.8, 4) is 5.75 Å². The molecule has 0 radical (unpaired) electrons. The third kappa shape index (κ3) is 3.78. The second-order valence-electron chi connectivity index (χ2n) is 8.54. The van der Waals surface area contributed by atoms with Crippen molar-refractivity contribution in [3.05, 3.63) is 95.6 Å². The molecule has 0 bridgehead atoms. The first-order chi connectivity index (χ1) is 16.8. The van der Waals surface area contributed by atoms with Gasteiger partial charge in [-0.25, -0.2) is 13.6 Å². The van der Waals surface area contributed by atoms with Gasteiger partial charge in [0.2, 0.25) is 5.91 Å². The van der Waals surface area contributed by atoms with Crippen LogP contribution >= 0.6 is 0 Å². The summed E-state index contributed by atoms with van der Waals surface area (Å²) in [5.41, 5.74) is -0.219. The zero-order valence-corrected chi connectivity index (χ0v) is 18.7. The van der Waals surface area contributed by atoms with Gasteiger partial charge in [0, 0.05) is 0 Å². The summed E-state index contributed by atoms with van der Waals surface area (Å²) in [5.74, 6) is -2.93. The van der Waals surface area contributed by atoms with Crippen LogP contribution in [0.5, 0.6) is 5.75 Å². The van der Waals surface area contributed by atoms with E-state index in [-0.39, 0.29) is 12.2 Å². The Kier molecular flexibility index (Phi) is 5.47. The number of para-hydroxylation sites is 2. The van der Waals surface area contributed by atoms with E-state index in [9.17, 15) is 23.2 Å². The molecule has 7 nitrogen and oxygen atoms in total.